The van der Waals surface area contributed by atoms with Crippen molar-refractivity contribution in [2.75, 3.05) is 0 Å². The van der Waals surface area contributed by atoms with Crippen molar-refractivity contribution in [1.82, 2.24) is 0 Å². The smallest absolute Gasteiger partial charge is 0.323 e. The van der Waals surface area contributed by atoms with Gasteiger partial charge in [0.1, 0.15) is 24.0 Å². The SMILES string of the molecule is C[C@@H]1OC(=O)[C@@H](N)CCCC[C@H]1Oc1ccccc1. The van der Waals surface area contributed by atoms with Crippen LogP contribution >= 0.6 is 0 Å². The van der Waals surface area contributed by atoms with Gasteiger partial charge in [-0.05, 0) is 38.3 Å². The van der Waals surface area contributed by atoms with Crippen molar-refractivity contribution in [2.24, 2.45) is 5.73 Å². The summed E-state index contributed by atoms with van der Waals surface area (Å²) in [7, 11) is 0. The normalized spacial score (nSPS) is 28.7. The summed E-state index contributed by atoms with van der Waals surface area (Å²) in [6.45, 7) is 1.86. The van der Waals surface area contributed by atoms with Gasteiger partial charge in [0.05, 0.1) is 0 Å². The Hall–Kier alpha value is -1.55. The number of carbonyl (C=O) groups is 1. The largest absolute Gasteiger partial charge is 0.487 e. The zero-order valence-electron chi connectivity index (χ0n) is 11.2. The Balaban J connectivity index is 2.03. The van der Waals surface area contributed by atoms with Gasteiger partial charge in [-0.25, -0.2) is 0 Å². The zero-order chi connectivity index (χ0) is 13.7. The van der Waals surface area contributed by atoms with Gasteiger partial charge < -0.3 is 15.2 Å². The van der Waals surface area contributed by atoms with Gasteiger partial charge in [-0.3, -0.25) is 4.79 Å². The predicted octanol–water partition coefficient (Wildman–Crippen LogP) is 2.27. The lowest BCUT2D eigenvalue weighted by Gasteiger charge is -2.24. The molecule has 4 nitrogen and oxygen atoms in total. The van der Waals surface area contributed by atoms with E-state index in [-0.39, 0.29) is 18.2 Å². The Morgan fingerprint density at radius 2 is 1.89 bits per heavy atom. The van der Waals surface area contributed by atoms with Crippen LogP contribution in [0.4, 0.5) is 0 Å². The third-order valence-electron chi connectivity index (χ3n) is 3.41. The molecule has 0 radical (unpaired) electrons. The Bertz CT molecular complexity index is 407. The molecule has 1 aliphatic rings. The molecule has 0 aromatic heterocycles. The summed E-state index contributed by atoms with van der Waals surface area (Å²) in [6.07, 6.45) is 3.08. The van der Waals surface area contributed by atoms with Gasteiger partial charge in [0.15, 0.2) is 0 Å². The number of hydrogen-bond acceptors (Lipinski definition) is 4. The average molecular weight is 263 g/mol. The van der Waals surface area contributed by atoms with Crippen molar-refractivity contribution in [3.8, 4) is 5.75 Å². The molecule has 0 bridgehead atoms. The maximum absolute atomic E-state index is 11.7. The van der Waals surface area contributed by atoms with E-state index in [1.807, 2.05) is 37.3 Å². The molecule has 3 atom stereocenters. The number of benzene rings is 1. The maximum atomic E-state index is 11.7. The molecule has 0 saturated carbocycles. The van der Waals surface area contributed by atoms with Gasteiger partial charge in [0.2, 0.25) is 0 Å². The van der Waals surface area contributed by atoms with Gasteiger partial charge in [0.25, 0.3) is 0 Å². The molecular formula is C15H21NO3. The third kappa shape index (κ3) is 3.96. The zero-order valence-corrected chi connectivity index (χ0v) is 11.2. The third-order valence-corrected chi connectivity index (χ3v) is 3.41. The molecule has 1 heterocycles. The molecule has 4 heteroatoms. The standard InChI is InChI=1S/C15H21NO3/c1-11-14(19-12-7-3-2-4-8-12)10-6-5-9-13(16)15(17)18-11/h2-4,7-8,11,13-14H,5-6,9-10,16H2,1H3/t11-,13-,14+/m0/s1. The second kappa shape index (κ2) is 6.57. The van der Waals surface area contributed by atoms with Crippen LogP contribution in [0.3, 0.4) is 0 Å². The molecule has 1 aromatic rings. The summed E-state index contributed by atoms with van der Waals surface area (Å²) >= 11 is 0. The monoisotopic (exact) mass is 263 g/mol. The Morgan fingerprint density at radius 1 is 1.21 bits per heavy atom. The second-order valence-corrected chi connectivity index (χ2v) is 5.00. The molecule has 2 N–H and O–H groups in total. The number of esters is 1. The van der Waals surface area contributed by atoms with E-state index in [2.05, 4.69) is 0 Å². The van der Waals surface area contributed by atoms with Crippen LogP contribution in [0, 0.1) is 0 Å². The first-order valence-corrected chi connectivity index (χ1v) is 6.84. The number of cyclic esters (lactones) is 1. The van der Waals surface area contributed by atoms with Gasteiger partial charge in [0, 0.05) is 0 Å². The quantitative estimate of drug-likeness (QED) is 0.831. The predicted molar refractivity (Wildman–Crippen MR) is 72.9 cm³/mol. The fourth-order valence-electron chi connectivity index (χ4n) is 2.24. The summed E-state index contributed by atoms with van der Waals surface area (Å²) in [4.78, 5) is 11.7. The van der Waals surface area contributed by atoms with Gasteiger partial charge >= 0.3 is 5.97 Å². The highest BCUT2D eigenvalue weighted by atomic mass is 16.6. The number of para-hydroxylation sites is 1. The summed E-state index contributed by atoms with van der Waals surface area (Å²) in [6, 6.07) is 9.12. The molecule has 0 spiro atoms. The first-order chi connectivity index (χ1) is 9.16. The molecule has 1 aromatic carbocycles. The van der Waals surface area contributed by atoms with E-state index in [0.717, 1.165) is 25.0 Å². The van der Waals surface area contributed by atoms with E-state index in [0.29, 0.717) is 6.42 Å². The molecule has 1 saturated heterocycles. The van der Waals surface area contributed by atoms with E-state index in [9.17, 15) is 4.79 Å². The van der Waals surface area contributed by atoms with Crippen molar-refractivity contribution in [2.45, 2.75) is 50.9 Å². The van der Waals surface area contributed by atoms with Crippen molar-refractivity contribution >= 4 is 5.97 Å². The number of rotatable bonds is 2. The van der Waals surface area contributed by atoms with Crippen LogP contribution in [0.2, 0.25) is 0 Å². The van der Waals surface area contributed by atoms with E-state index < -0.39 is 6.04 Å². The van der Waals surface area contributed by atoms with E-state index in [1.165, 1.54) is 0 Å². The minimum absolute atomic E-state index is 0.114. The van der Waals surface area contributed by atoms with E-state index in [1.54, 1.807) is 0 Å². The summed E-state index contributed by atoms with van der Waals surface area (Å²) in [5, 5.41) is 0. The van der Waals surface area contributed by atoms with E-state index >= 15 is 0 Å². The van der Waals surface area contributed by atoms with Crippen LogP contribution in [0.25, 0.3) is 0 Å². The highest BCUT2D eigenvalue weighted by Crippen LogP contribution is 2.20. The molecule has 1 fully saturated rings. The lowest BCUT2D eigenvalue weighted by molar-refractivity contribution is -0.154. The highest BCUT2D eigenvalue weighted by Gasteiger charge is 2.27. The first-order valence-electron chi connectivity index (χ1n) is 6.84. The van der Waals surface area contributed by atoms with Gasteiger partial charge in [-0.15, -0.1) is 0 Å². The molecule has 104 valence electrons. The Morgan fingerprint density at radius 3 is 2.63 bits per heavy atom. The van der Waals surface area contributed by atoms with E-state index in [4.69, 9.17) is 15.2 Å². The number of ether oxygens (including phenoxy) is 2. The Kier molecular flexibility index (Phi) is 4.80. The van der Waals surface area contributed by atoms with Crippen molar-refractivity contribution in [3.05, 3.63) is 30.3 Å². The molecule has 2 rings (SSSR count). The number of carbonyl (C=O) groups excluding carboxylic acids is 1. The number of nitrogens with two attached hydrogens (primary N) is 1. The minimum atomic E-state index is -0.502. The fourth-order valence-corrected chi connectivity index (χ4v) is 2.24. The summed E-state index contributed by atoms with van der Waals surface area (Å²) < 4.78 is 11.3. The number of hydrogen-bond donors (Lipinski definition) is 1. The molecule has 19 heavy (non-hydrogen) atoms. The van der Waals surface area contributed by atoms with Crippen molar-refractivity contribution in [1.29, 1.82) is 0 Å². The molecular weight excluding hydrogens is 242 g/mol. The van der Waals surface area contributed by atoms with Gasteiger partial charge in [-0.1, -0.05) is 24.6 Å². The molecule has 0 aliphatic carbocycles. The lowest BCUT2D eigenvalue weighted by Crippen LogP contribution is -2.38. The lowest BCUT2D eigenvalue weighted by atomic mass is 10.1. The Labute approximate surface area is 113 Å². The average Bonchev–Trinajstić information content (AvgIpc) is 2.46. The maximum Gasteiger partial charge on any atom is 0.323 e. The van der Waals surface area contributed by atoms with Crippen LogP contribution in [0.5, 0.6) is 5.75 Å². The molecule has 0 unspecified atom stereocenters. The second-order valence-electron chi connectivity index (χ2n) is 5.00. The molecule has 0 amide bonds. The summed E-state index contributed by atoms with van der Waals surface area (Å²) in [5.41, 5.74) is 5.76. The van der Waals surface area contributed by atoms with Crippen LogP contribution in [0.1, 0.15) is 32.6 Å². The van der Waals surface area contributed by atoms with Gasteiger partial charge in [-0.2, -0.15) is 0 Å². The van der Waals surface area contributed by atoms with Crippen LogP contribution in [-0.2, 0) is 9.53 Å². The first kappa shape index (κ1) is 13.9. The van der Waals surface area contributed by atoms with Crippen molar-refractivity contribution in [3.63, 3.8) is 0 Å². The van der Waals surface area contributed by atoms with Crippen LogP contribution in [-0.4, -0.2) is 24.2 Å². The summed E-state index contributed by atoms with van der Waals surface area (Å²) in [5.74, 6) is 0.481. The highest BCUT2D eigenvalue weighted by molar-refractivity contribution is 5.75. The minimum Gasteiger partial charge on any atom is -0.487 e. The topological polar surface area (TPSA) is 61.5 Å². The van der Waals surface area contributed by atoms with Crippen LogP contribution < -0.4 is 10.5 Å². The van der Waals surface area contributed by atoms with Crippen LogP contribution in [0.15, 0.2) is 30.3 Å². The molecule has 1 aliphatic heterocycles. The van der Waals surface area contributed by atoms with Crippen molar-refractivity contribution < 1.29 is 14.3 Å². The fraction of sp³-hybridized carbons (Fsp3) is 0.533.